The zero-order valence-electron chi connectivity index (χ0n) is 15.1. The van der Waals surface area contributed by atoms with E-state index in [1.165, 1.54) is 11.1 Å². The summed E-state index contributed by atoms with van der Waals surface area (Å²) in [5.41, 5.74) is 5.54. The second-order valence-corrected chi connectivity index (χ2v) is 7.05. The van der Waals surface area contributed by atoms with Crippen LogP contribution < -0.4 is 14.4 Å². The maximum absolute atomic E-state index is 6.23. The highest BCUT2D eigenvalue weighted by atomic mass is 16.5. The molecule has 0 fully saturated rings. The lowest BCUT2D eigenvalue weighted by Crippen LogP contribution is -2.16. The van der Waals surface area contributed by atoms with E-state index in [0.29, 0.717) is 0 Å². The number of nitrogens with zero attached hydrogens (tertiary/aromatic N) is 1. The third kappa shape index (κ3) is 2.30. The third-order valence-corrected chi connectivity index (χ3v) is 5.31. The quantitative estimate of drug-likeness (QED) is 0.315. The average molecular weight is 363 g/mol. The van der Waals surface area contributed by atoms with Crippen molar-refractivity contribution in [1.82, 2.24) is 0 Å². The maximum atomic E-state index is 6.23. The molecule has 6 rings (SSSR count). The van der Waals surface area contributed by atoms with Crippen LogP contribution in [0.5, 0.6) is 23.0 Å². The van der Waals surface area contributed by atoms with E-state index >= 15 is 0 Å². The van der Waals surface area contributed by atoms with Crippen LogP contribution >= 0.6 is 0 Å². The van der Waals surface area contributed by atoms with Crippen molar-refractivity contribution in [2.45, 2.75) is 6.42 Å². The second-order valence-electron chi connectivity index (χ2n) is 7.05. The smallest absolute Gasteiger partial charge is 0.151 e. The zero-order chi connectivity index (χ0) is 18.5. The van der Waals surface area contributed by atoms with Gasteiger partial charge >= 0.3 is 0 Å². The fraction of sp³-hybridized carbons (Fsp3) is 0.0400. The van der Waals surface area contributed by atoms with E-state index in [-0.39, 0.29) is 0 Å². The van der Waals surface area contributed by atoms with Crippen molar-refractivity contribution in [3.63, 3.8) is 0 Å². The fourth-order valence-corrected chi connectivity index (χ4v) is 3.98. The first kappa shape index (κ1) is 15.3. The van der Waals surface area contributed by atoms with Gasteiger partial charge in [0, 0.05) is 12.5 Å². The molecule has 3 nitrogen and oxygen atoms in total. The summed E-state index contributed by atoms with van der Waals surface area (Å²) in [7, 11) is 0. The summed E-state index contributed by atoms with van der Waals surface area (Å²) >= 11 is 0. The summed E-state index contributed by atoms with van der Waals surface area (Å²) in [5.74, 6) is 3.56. The number of rotatable bonds is 1. The molecule has 0 spiro atoms. The number of hydrogen-bond acceptors (Lipinski definition) is 3. The molecule has 28 heavy (non-hydrogen) atoms. The molecule has 134 valence electrons. The molecule has 0 aliphatic carbocycles. The normalized spacial score (nSPS) is 13.4. The van der Waals surface area contributed by atoms with Crippen LogP contribution in [0.4, 0.5) is 17.1 Å². The van der Waals surface area contributed by atoms with Crippen molar-refractivity contribution in [3.05, 3.63) is 102 Å². The first-order valence-corrected chi connectivity index (χ1v) is 9.41. The lowest BCUT2D eigenvalue weighted by atomic mass is 9.99. The molecule has 0 saturated carbocycles. The Morgan fingerprint density at radius 2 is 1.11 bits per heavy atom. The van der Waals surface area contributed by atoms with Crippen molar-refractivity contribution in [3.8, 4) is 23.0 Å². The summed E-state index contributed by atoms with van der Waals surface area (Å²) in [6, 6.07) is 30.9. The molecule has 2 aliphatic heterocycles. The Morgan fingerprint density at radius 1 is 0.536 bits per heavy atom. The Bertz CT molecular complexity index is 1170. The van der Waals surface area contributed by atoms with Gasteiger partial charge in [-0.1, -0.05) is 48.5 Å². The summed E-state index contributed by atoms with van der Waals surface area (Å²) < 4.78 is 12.3. The third-order valence-electron chi connectivity index (χ3n) is 5.31. The van der Waals surface area contributed by atoms with Crippen molar-refractivity contribution in [1.29, 1.82) is 0 Å². The molecule has 0 radical (unpaired) electrons. The highest BCUT2D eigenvalue weighted by Gasteiger charge is 2.26. The van der Waals surface area contributed by atoms with Gasteiger partial charge in [-0.2, -0.15) is 0 Å². The van der Waals surface area contributed by atoms with Crippen LogP contribution in [0.15, 0.2) is 91.0 Å². The Morgan fingerprint density at radius 3 is 1.86 bits per heavy atom. The Kier molecular flexibility index (Phi) is 3.23. The van der Waals surface area contributed by atoms with E-state index in [1.807, 2.05) is 48.5 Å². The fourth-order valence-electron chi connectivity index (χ4n) is 3.98. The first-order valence-electron chi connectivity index (χ1n) is 9.41. The van der Waals surface area contributed by atoms with Gasteiger partial charge in [0.05, 0.1) is 17.1 Å². The Hall–Kier alpha value is -3.72. The topological polar surface area (TPSA) is 21.7 Å². The van der Waals surface area contributed by atoms with Gasteiger partial charge in [-0.15, -0.1) is 0 Å². The van der Waals surface area contributed by atoms with Crippen LogP contribution in [0.3, 0.4) is 0 Å². The standard InChI is InChI=1S/C25H17NO2/c1-4-10-22-17(7-1)15-18-13-14-19(16-25(18)27-22)26-20-8-2-5-11-23(20)28-24-12-6-3-9-21(24)26/h1-14,16H,15H2. The number of hydrogen-bond donors (Lipinski definition) is 0. The van der Waals surface area contributed by atoms with Crippen LogP contribution in [-0.2, 0) is 6.42 Å². The minimum Gasteiger partial charge on any atom is -0.457 e. The Balaban J connectivity index is 1.50. The summed E-state index contributed by atoms with van der Waals surface area (Å²) in [6.45, 7) is 0. The van der Waals surface area contributed by atoms with Gasteiger partial charge in [0.15, 0.2) is 11.5 Å². The maximum Gasteiger partial charge on any atom is 0.151 e. The SMILES string of the molecule is c1ccc2c(c1)Cc1ccc(N3c4ccccc4Oc4ccccc43)cc1O2. The first-order chi connectivity index (χ1) is 13.9. The second kappa shape index (κ2) is 5.89. The number of ether oxygens (including phenoxy) is 2. The zero-order valence-corrected chi connectivity index (χ0v) is 15.1. The summed E-state index contributed by atoms with van der Waals surface area (Å²) in [6.07, 6.45) is 0.891. The van der Waals surface area contributed by atoms with E-state index in [4.69, 9.17) is 9.47 Å². The summed E-state index contributed by atoms with van der Waals surface area (Å²) in [5, 5.41) is 0. The average Bonchev–Trinajstić information content (AvgIpc) is 2.75. The molecule has 3 heteroatoms. The van der Waals surface area contributed by atoms with Gasteiger partial charge in [-0.05, 0) is 47.5 Å². The molecule has 4 aromatic carbocycles. The van der Waals surface area contributed by atoms with E-state index < -0.39 is 0 Å². The Labute approximate surface area is 163 Å². The summed E-state index contributed by atoms with van der Waals surface area (Å²) in [4.78, 5) is 2.23. The number of para-hydroxylation sites is 5. The van der Waals surface area contributed by atoms with Gasteiger partial charge in [-0.3, -0.25) is 0 Å². The van der Waals surface area contributed by atoms with Crippen LogP contribution in [0.1, 0.15) is 11.1 Å². The van der Waals surface area contributed by atoms with E-state index in [0.717, 1.165) is 46.5 Å². The highest BCUT2D eigenvalue weighted by Crippen LogP contribution is 2.51. The molecular weight excluding hydrogens is 346 g/mol. The van der Waals surface area contributed by atoms with Crippen molar-refractivity contribution in [2.24, 2.45) is 0 Å². The highest BCUT2D eigenvalue weighted by molar-refractivity contribution is 5.86. The van der Waals surface area contributed by atoms with E-state index in [1.54, 1.807) is 0 Å². The van der Waals surface area contributed by atoms with Gasteiger partial charge in [0.2, 0.25) is 0 Å². The van der Waals surface area contributed by atoms with Crippen LogP contribution in [0.25, 0.3) is 0 Å². The number of benzene rings is 4. The molecule has 2 heterocycles. The molecule has 0 aromatic heterocycles. The molecule has 0 bridgehead atoms. The van der Waals surface area contributed by atoms with Crippen molar-refractivity contribution < 1.29 is 9.47 Å². The van der Waals surface area contributed by atoms with E-state index in [9.17, 15) is 0 Å². The van der Waals surface area contributed by atoms with Crippen molar-refractivity contribution in [2.75, 3.05) is 4.90 Å². The van der Waals surface area contributed by atoms with Crippen LogP contribution in [0, 0.1) is 0 Å². The largest absolute Gasteiger partial charge is 0.457 e. The van der Waals surface area contributed by atoms with Crippen LogP contribution in [-0.4, -0.2) is 0 Å². The molecule has 4 aromatic rings. The number of fused-ring (bicyclic) bond motifs is 4. The molecule has 0 amide bonds. The van der Waals surface area contributed by atoms with Gasteiger partial charge in [-0.25, -0.2) is 0 Å². The minimum absolute atomic E-state index is 0.852. The molecule has 0 N–H and O–H groups in total. The molecular formula is C25H17NO2. The van der Waals surface area contributed by atoms with E-state index in [2.05, 4.69) is 47.4 Å². The molecule has 2 aliphatic rings. The lowest BCUT2D eigenvalue weighted by Gasteiger charge is -2.33. The predicted octanol–water partition coefficient (Wildman–Crippen LogP) is 6.96. The monoisotopic (exact) mass is 363 g/mol. The lowest BCUT2D eigenvalue weighted by molar-refractivity contribution is 0.460. The molecule has 0 atom stereocenters. The van der Waals surface area contributed by atoms with Crippen LogP contribution in [0.2, 0.25) is 0 Å². The molecule has 0 unspecified atom stereocenters. The van der Waals surface area contributed by atoms with Crippen molar-refractivity contribution >= 4 is 17.1 Å². The predicted molar refractivity (Wildman–Crippen MR) is 111 cm³/mol. The number of anilines is 3. The van der Waals surface area contributed by atoms with Gasteiger partial charge < -0.3 is 14.4 Å². The minimum atomic E-state index is 0.852. The molecule has 0 saturated heterocycles. The van der Waals surface area contributed by atoms with Gasteiger partial charge in [0.1, 0.15) is 11.5 Å². The van der Waals surface area contributed by atoms with Gasteiger partial charge in [0.25, 0.3) is 0 Å².